The lowest BCUT2D eigenvalue weighted by Crippen LogP contribution is -2.56. The molecule has 0 spiro atoms. The molecular formula is C34H39BrN2O5. The second-order valence-electron chi connectivity index (χ2n) is 11.6. The zero-order chi connectivity index (χ0) is 30.8. The Morgan fingerprint density at radius 3 is 2.05 bits per heavy atom. The van der Waals surface area contributed by atoms with Gasteiger partial charge in [0.1, 0.15) is 17.5 Å². The van der Waals surface area contributed by atoms with Crippen molar-refractivity contribution < 1.29 is 24.2 Å². The largest absolute Gasteiger partial charge is 0.493 e. The van der Waals surface area contributed by atoms with Gasteiger partial charge in [-0.3, -0.25) is 14.4 Å². The second-order valence-corrected chi connectivity index (χ2v) is 12.5. The van der Waals surface area contributed by atoms with Gasteiger partial charge in [-0.15, -0.1) is 0 Å². The summed E-state index contributed by atoms with van der Waals surface area (Å²) in [7, 11) is 0. The number of Topliss-reactive ketones (excluding diaryl/α,β-unsaturated/α-hetero) is 1. The lowest BCUT2D eigenvalue weighted by molar-refractivity contribution is -0.150. The fraction of sp³-hybridized carbons (Fsp3) is 0.382. The highest BCUT2D eigenvalue weighted by atomic mass is 79.9. The highest BCUT2D eigenvalue weighted by molar-refractivity contribution is 9.10. The zero-order valence-corrected chi connectivity index (χ0v) is 26.6. The first-order valence-electron chi connectivity index (χ1n) is 14.3. The van der Waals surface area contributed by atoms with Crippen molar-refractivity contribution in [3.8, 4) is 5.75 Å². The van der Waals surface area contributed by atoms with Crippen LogP contribution >= 0.6 is 15.9 Å². The summed E-state index contributed by atoms with van der Waals surface area (Å²) in [4.78, 5) is 42.0. The minimum absolute atomic E-state index is 0.349. The molecule has 0 radical (unpaired) electrons. The van der Waals surface area contributed by atoms with Crippen molar-refractivity contribution in [2.24, 2.45) is 11.8 Å². The highest BCUT2D eigenvalue weighted by Crippen LogP contribution is 2.49. The molecule has 3 aromatic rings. The number of halogens is 1. The molecule has 1 saturated carbocycles. The number of amides is 2. The van der Waals surface area contributed by atoms with Gasteiger partial charge in [0.25, 0.3) is 0 Å². The smallest absolute Gasteiger partial charge is 0.235 e. The first kappa shape index (κ1) is 31.4. The maximum Gasteiger partial charge on any atom is 0.235 e. The predicted octanol–water partition coefficient (Wildman–Crippen LogP) is 6.79. The molecule has 2 amide bonds. The van der Waals surface area contributed by atoms with E-state index >= 15 is 0 Å². The van der Waals surface area contributed by atoms with Crippen molar-refractivity contribution in [1.82, 2.24) is 0 Å². The average Bonchev–Trinajstić information content (AvgIpc) is 2.90. The molecule has 222 valence electrons. The van der Waals surface area contributed by atoms with Crippen LogP contribution < -0.4 is 15.4 Å². The molecule has 0 aromatic heterocycles. The topological polar surface area (TPSA) is 105 Å². The lowest BCUT2D eigenvalue weighted by Gasteiger charge is -2.45. The number of aliphatic hydroxyl groups is 1. The van der Waals surface area contributed by atoms with Crippen molar-refractivity contribution in [2.45, 2.75) is 65.9 Å². The van der Waals surface area contributed by atoms with E-state index < -0.39 is 41.0 Å². The van der Waals surface area contributed by atoms with E-state index in [9.17, 15) is 19.5 Å². The number of hydrogen-bond acceptors (Lipinski definition) is 5. The summed E-state index contributed by atoms with van der Waals surface area (Å²) in [6, 6.07) is 16.7. The van der Waals surface area contributed by atoms with E-state index in [4.69, 9.17) is 4.74 Å². The maximum absolute atomic E-state index is 14.2. The number of anilines is 2. The molecule has 8 heteroatoms. The SMILES string of the molecule is CCCOc1ccc(Br)cc1C1C(C(=O)Nc2ccc(C)cc2C)C(=O)CC(C)(O)C1C(=O)Nc1ccc(C)cc1C. The minimum Gasteiger partial charge on any atom is -0.493 e. The fourth-order valence-electron chi connectivity index (χ4n) is 5.92. The monoisotopic (exact) mass is 634 g/mol. The minimum atomic E-state index is -1.73. The molecule has 4 atom stereocenters. The van der Waals surface area contributed by atoms with Gasteiger partial charge in [-0.05, 0) is 82.5 Å². The Kier molecular flexibility index (Phi) is 9.58. The van der Waals surface area contributed by atoms with Crippen molar-refractivity contribution in [3.05, 3.63) is 86.9 Å². The number of rotatable bonds is 8. The molecule has 42 heavy (non-hydrogen) atoms. The van der Waals surface area contributed by atoms with Gasteiger partial charge in [-0.2, -0.15) is 0 Å². The highest BCUT2D eigenvalue weighted by Gasteiger charge is 2.56. The van der Waals surface area contributed by atoms with E-state index in [1.165, 1.54) is 6.92 Å². The van der Waals surface area contributed by atoms with Crippen LogP contribution in [-0.2, 0) is 14.4 Å². The number of carbonyl (C=O) groups is 3. The van der Waals surface area contributed by atoms with E-state index in [1.54, 1.807) is 18.2 Å². The molecular weight excluding hydrogens is 596 g/mol. The predicted molar refractivity (Wildman–Crippen MR) is 169 cm³/mol. The number of nitrogens with one attached hydrogen (secondary N) is 2. The summed E-state index contributed by atoms with van der Waals surface area (Å²) in [6.45, 7) is 11.6. The van der Waals surface area contributed by atoms with Gasteiger partial charge >= 0.3 is 0 Å². The molecule has 4 rings (SSSR count). The standard InChI is InChI=1S/C34H39BrN2O5/c1-7-14-42-28-13-10-23(35)17-24(28)29-30(32(39)36-25-11-8-19(2)15-21(25)4)27(38)18-34(6,41)31(29)33(40)37-26-12-9-20(3)16-22(26)5/h8-13,15-17,29-31,41H,7,14,18H2,1-6H3,(H,36,39)(H,37,40). The summed E-state index contributed by atoms with van der Waals surface area (Å²) in [5.41, 5.74) is 3.78. The molecule has 1 fully saturated rings. The number of hydrogen-bond donors (Lipinski definition) is 3. The van der Waals surface area contributed by atoms with Gasteiger partial charge in [-0.1, -0.05) is 58.2 Å². The Balaban J connectivity index is 1.86. The van der Waals surface area contributed by atoms with E-state index in [0.717, 1.165) is 28.7 Å². The van der Waals surface area contributed by atoms with Crippen LogP contribution in [0.4, 0.5) is 11.4 Å². The third-order valence-corrected chi connectivity index (χ3v) is 8.40. The summed E-state index contributed by atoms with van der Waals surface area (Å²) < 4.78 is 6.77. The second kappa shape index (κ2) is 12.8. The van der Waals surface area contributed by atoms with E-state index in [2.05, 4.69) is 26.6 Å². The molecule has 1 aliphatic carbocycles. The van der Waals surface area contributed by atoms with Crippen molar-refractivity contribution in [3.63, 3.8) is 0 Å². The molecule has 0 bridgehead atoms. The van der Waals surface area contributed by atoms with Crippen LogP contribution in [0.5, 0.6) is 5.75 Å². The van der Waals surface area contributed by atoms with Gasteiger partial charge in [0.05, 0.1) is 18.1 Å². The van der Waals surface area contributed by atoms with Crippen LogP contribution in [0.2, 0.25) is 0 Å². The molecule has 0 heterocycles. The number of aryl methyl sites for hydroxylation is 4. The van der Waals surface area contributed by atoms with E-state index in [-0.39, 0.29) is 6.42 Å². The third-order valence-electron chi connectivity index (χ3n) is 7.90. The maximum atomic E-state index is 14.2. The lowest BCUT2D eigenvalue weighted by atomic mass is 9.61. The Morgan fingerprint density at radius 1 is 0.929 bits per heavy atom. The van der Waals surface area contributed by atoms with Gasteiger partial charge < -0.3 is 20.5 Å². The van der Waals surface area contributed by atoms with Crippen LogP contribution in [0.3, 0.4) is 0 Å². The summed E-state index contributed by atoms with van der Waals surface area (Å²) >= 11 is 3.52. The Morgan fingerprint density at radius 2 is 1.50 bits per heavy atom. The molecule has 1 aliphatic rings. The van der Waals surface area contributed by atoms with Gasteiger partial charge in [0, 0.05) is 33.7 Å². The molecule has 3 aromatic carbocycles. The number of benzene rings is 3. The molecule has 0 aliphatic heterocycles. The molecule has 7 nitrogen and oxygen atoms in total. The van der Waals surface area contributed by atoms with Crippen molar-refractivity contribution in [2.75, 3.05) is 17.2 Å². The quantitative estimate of drug-likeness (QED) is 0.237. The number of ether oxygens (including phenoxy) is 1. The summed E-state index contributed by atoms with van der Waals surface area (Å²) in [5.74, 6) is -4.40. The van der Waals surface area contributed by atoms with Crippen LogP contribution in [0.25, 0.3) is 0 Å². The van der Waals surface area contributed by atoms with Crippen molar-refractivity contribution >= 4 is 44.9 Å². The Labute approximate surface area is 256 Å². The third kappa shape index (κ3) is 6.76. The normalized spacial score (nSPS) is 22.0. The van der Waals surface area contributed by atoms with Crippen molar-refractivity contribution in [1.29, 1.82) is 0 Å². The molecule has 3 N–H and O–H groups in total. The van der Waals surface area contributed by atoms with E-state index in [0.29, 0.717) is 33.8 Å². The van der Waals surface area contributed by atoms with Crippen LogP contribution in [0, 0.1) is 39.5 Å². The first-order chi connectivity index (χ1) is 19.8. The van der Waals surface area contributed by atoms with Crippen LogP contribution in [0.15, 0.2) is 59.1 Å². The summed E-state index contributed by atoms with van der Waals surface area (Å²) in [5, 5.41) is 17.7. The Bertz CT molecular complexity index is 1520. The molecule has 0 saturated heterocycles. The first-order valence-corrected chi connectivity index (χ1v) is 15.0. The van der Waals surface area contributed by atoms with Gasteiger partial charge in [-0.25, -0.2) is 0 Å². The number of ketones is 1. The summed E-state index contributed by atoms with van der Waals surface area (Å²) in [6.07, 6.45) is 0.392. The van der Waals surface area contributed by atoms with Gasteiger partial charge in [0.2, 0.25) is 11.8 Å². The van der Waals surface area contributed by atoms with Crippen LogP contribution in [-0.4, -0.2) is 34.9 Å². The number of carbonyl (C=O) groups excluding carboxylic acids is 3. The molecule has 4 unspecified atom stereocenters. The van der Waals surface area contributed by atoms with E-state index in [1.807, 2.05) is 71.0 Å². The van der Waals surface area contributed by atoms with Crippen LogP contribution in [0.1, 0.15) is 60.4 Å². The fourth-order valence-corrected chi connectivity index (χ4v) is 6.30. The average molecular weight is 636 g/mol. The Hall–Kier alpha value is -3.49. The van der Waals surface area contributed by atoms with Gasteiger partial charge in [0.15, 0.2) is 0 Å². The zero-order valence-electron chi connectivity index (χ0n) is 25.0.